The van der Waals surface area contributed by atoms with Gasteiger partial charge in [0.2, 0.25) is 0 Å². The molecule has 17 heavy (non-hydrogen) atoms. The number of rotatable bonds is 7. The molecule has 1 atom stereocenters. The lowest BCUT2D eigenvalue weighted by molar-refractivity contribution is 0.615. The monoisotopic (exact) mass is 251 g/mol. The van der Waals surface area contributed by atoms with Crippen LogP contribution in [0.2, 0.25) is 0 Å². The molecule has 0 aliphatic rings. The smallest absolute Gasteiger partial charge is 0.122 e. The predicted octanol–water partition coefficient (Wildman–Crippen LogP) is 3.10. The number of anilines is 1. The highest BCUT2D eigenvalue weighted by Gasteiger charge is 2.04. The van der Waals surface area contributed by atoms with E-state index in [1.54, 1.807) is 6.20 Å². The van der Waals surface area contributed by atoms with Gasteiger partial charge in [0.25, 0.3) is 0 Å². The van der Waals surface area contributed by atoms with Gasteiger partial charge in [0.1, 0.15) is 4.99 Å². The van der Waals surface area contributed by atoms with Gasteiger partial charge in [-0.2, -0.15) is 0 Å². The van der Waals surface area contributed by atoms with Crippen LogP contribution < -0.4 is 11.1 Å². The molecule has 0 saturated heterocycles. The van der Waals surface area contributed by atoms with Crippen LogP contribution in [0.4, 0.5) is 5.69 Å². The van der Waals surface area contributed by atoms with Crippen LogP contribution in [-0.2, 0) is 0 Å². The van der Waals surface area contributed by atoms with Crippen LogP contribution >= 0.6 is 12.2 Å². The van der Waals surface area contributed by atoms with E-state index < -0.39 is 0 Å². The number of nitrogens with zero attached hydrogens (tertiary/aromatic N) is 1. The van der Waals surface area contributed by atoms with Crippen molar-refractivity contribution in [2.24, 2.45) is 5.73 Å². The van der Waals surface area contributed by atoms with Gasteiger partial charge in [0.15, 0.2) is 0 Å². The van der Waals surface area contributed by atoms with Gasteiger partial charge >= 0.3 is 0 Å². The first-order chi connectivity index (χ1) is 8.13. The van der Waals surface area contributed by atoms with E-state index >= 15 is 0 Å². The topological polar surface area (TPSA) is 50.9 Å². The van der Waals surface area contributed by atoms with Crippen LogP contribution in [0, 0.1) is 0 Å². The molecule has 0 spiro atoms. The van der Waals surface area contributed by atoms with Gasteiger partial charge in [-0.05, 0) is 25.5 Å². The van der Waals surface area contributed by atoms with E-state index in [1.165, 1.54) is 25.7 Å². The lowest BCUT2D eigenvalue weighted by Crippen LogP contribution is -2.16. The molecule has 0 aliphatic heterocycles. The number of pyridine rings is 1. The summed E-state index contributed by atoms with van der Waals surface area (Å²) in [6.07, 6.45) is 6.72. The molecule has 1 heterocycles. The normalized spacial score (nSPS) is 12.1. The highest BCUT2D eigenvalue weighted by molar-refractivity contribution is 7.80. The van der Waals surface area contributed by atoms with Crippen molar-refractivity contribution in [2.45, 2.75) is 45.6 Å². The third-order valence-corrected chi connectivity index (χ3v) is 2.88. The predicted molar refractivity (Wildman–Crippen MR) is 77.4 cm³/mol. The zero-order valence-corrected chi connectivity index (χ0v) is 11.4. The maximum Gasteiger partial charge on any atom is 0.122 e. The second-order valence-corrected chi connectivity index (χ2v) is 4.78. The molecule has 0 fully saturated rings. The summed E-state index contributed by atoms with van der Waals surface area (Å²) in [6.45, 7) is 4.41. The van der Waals surface area contributed by atoms with Gasteiger partial charge in [-0.1, -0.05) is 38.4 Å². The molecule has 94 valence electrons. The van der Waals surface area contributed by atoms with Crippen molar-refractivity contribution >= 4 is 22.9 Å². The molecule has 0 bridgehead atoms. The van der Waals surface area contributed by atoms with Crippen LogP contribution in [0.3, 0.4) is 0 Å². The first-order valence-corrected chi connectivity index (χ1v) is 6.56. The van der Waals surface area contributed by atoms with Crippen molar-refractivity contribution in [3.63, 3.8) is 0 Å². The van der Waals surface area contributed by atoms with Gasteiger partial charge in [-0.25, -0.2) is 0 Å². The Morgan fingerprint density at radius 2 is 2.29 bits per heavy atom. The van der Waals surface area contributed by atoms with E-state index in [2.05, 4.69) is 24.1 Å². The molecule has 4 heteroatoms. The molecule has 0 aliphatic carbocycles. The van der Waals surface area contributed by atoms with Gasteiger partial charge < -0.3 is 11.1 Å². The summed E-state index contributed by atoms with van der Waals surface area (Å²) >= 11 is 4.91. The molecule has 1 unspecified atom stereocenters. The molecule has 3 N–H and O–H groups in total. The third kappa shape index (κ3) is 5.13. The van der Waals surface area contributed by atoms with E-state index in [0.717, 1.165) is 5.69 Å². The summed E-state index contributed by atoms with van der Waals surface area (Å²) in [6, 6.07) is 4.31. The van der Waals surface area contributed by atoms with E-state index in [1.807, 2.05) is 12.1 Å². The van der Waals surface area contributed by atoms with Gasteiger partial charge in [-0.3, -0.25) is 4.98 Å². The van der Waals surface area contributed by atoms with Crippen LogP contribution in [0.25, 0.3) is 0 Å². The molecule has 3 nitrogen and oxygen atoms in total. The number of aromatic nitrogens is 1. The minimum atomic E-state index is 0.340. The summed E-state index contributed by atoms with van der Waals surface area (Å²) in [5.41, 5.74) is 7.26. The highest BCUT2D eigenvalue weighted by atomic mass is 32.1. The number of nitrogens with two attached hydrogens (primary N) is 1. The van der Waals surface area contributed by atoms with E-state index in [0.29, 0.717) is 16.7 Å². The second-order valence-electron chi connectivity index (χ2n) is 4.34. The summed E-state index contributed by atoms with van der Waals surface area (Å²) in [4.78, 5) is 4.46. The van der Waals surface area contributed by atoms with Gasteiger partial charge in [0.05, 0.1) is 5.69 Å². The summed E-state index contributed by atoms with van der Waals surface area (Å²) < 4.78 is 0. The quantitative estimate of drug-likeness (QED) is 0.577. The van der Waals surface area contributed by atoms with Crippen molar-refractivity contribution in [3.05, 3.63) is 24.0 Å². The second kappa shape index (κ2) is 7.22. The Morgan fingerprint density at radius 3 is 2.94 bits per heavy atom. The maximum absolute atomic E-state index is 5.55. The summed E-state index contributed by atoms with van der Waals surface area (Å²) in [7, 11) is 0. The fraction of sp³-hybridized carbons (Fsp3) is 0.538. The van der Waals surface area contributed by atoms with Crippen LogP contribution in [0.5, 0.6) is 0 Å². The molecule has 0 saturated carbocycles. The van der Waals surface area contributed by atoms with Crippen molar-refractivity contribution in [1.29, 1.82) is 0 Å². The number of thiocarbonyl (C=S) groups is 1. The lowest BCUT2D eigenvalue weighted by Gasteiger charge is -2.15. The van der Waals surface area contributed by atoms with Crippen molar-refractivity contribution in [2.75, 3.05) is 5.32 Å². The number of hydrogen-bond donors (Lipinski definition) is 2. The standard InChI is InChI=1S/C13H21N3S/c1-3-4-5-6-10(2)16-11-7-8-15-12(9-11)13(14)17/h7-10H,3-6H2,1-2H3,(H2,14,17)(H,15,16). The average Bonchev–Trinajstić information content (AvgIpc) is 2.29. The molecular weight excluding hydrogens is 230 g/mol. The van der Waals surface area contributed by atoms with Crippen LogP contribution in [-0.4, -0.2) is 16.0 Å². The van der Waals surface area contributed by atoms with Crippen molar-refractivity contribution in [1.82, 2.24) is 4.98 Å². The molecular formula is C13H21N3S. The highest BCUT2D eigenvalue weighted by Crippen LogP contribution is 2.12. The number of unbranched alkanes of at least 4 members (excludes halogenated alkanes) is 2. The zero-order valence-electron chi connectivity index (χ0n) is 10.6. The van der Waals surface area contributed by atoms with Gasteiger partial charge in [-0.15, -0.1) is 0 Å². The van der Waals surface area contributed by atoms with Gasteiger partial charge in [0, 0.05) is 17.9 Å². The van der Waals surface area contributed by atoms with Crippen LogP contribution in [0.15, 0.2) is 18.3 Å². The molecule has 1 aromatic rings. The minimum Gasteiger partial charge on any atom is -0.388 e. The zero-order chi connectivity index (χ0) is 12.7. The van der Waals surface area contributed by atoms with Crippen molar-refractivity contribution in [3.8, 4) is 0 Å². The SMILES string of the molecule is CCCCCC(C)Nc1ccnc(C(N)=S)c1. The average molecular weight is 251 g/mol. The molecule has 0 amide bonds. The lowest BCUT2D eigenvalue weighted by atomic mass is 10.1. The Balaban J connectivity index is 2.50. The fourth-order valence-corrected chi connectivity index (χ4v) is 1.82. The first kappa shape index (κ1) is 13.9. The van der Waals surface area contributed by atoms with E-state index in [9.17, 15) is 0 Å². The van der Waals surface area contributed by atoms with Crippen molar-refractivity contribution < 1.29 is 0 Å². The number of nitrogens with one attached hydrogen (secondary N) is 1. The minimum absolute atomic E-state index is 0.340. The summed E-state index contributed by atoms with van der Waals surface area (Å²) in [5.74, 6) is 0. The third-order valence-electron chi connectivity index (χ3n) is 2.67. The first-order valence-electron chi connectivity index (χ1n) is 6.16. The largest absolute Gasteiger partial charge is 0.388 e. The maximum atomic E-state index is 5.55. The molecule has 0 radical (unpaired) electrons. The Kier molecular flexibility index (Phi) is 5.91. The van der Waals surface area contributed by atoms with E-state index in [-0.39, 0.29) is 0 Å². The molecule has 1 rings (SSSR count). The molecule has 0 aromatic carbocycles. The summed E-state index contributed by atoms with van der Waals surface area (Å²) in [5, 5.41) is 3.44. The Hall–Kier alpha value is -1.16. The Morgan fingerprint density at radius 1 is 1.53 bits per heavy atom. The van der Waals surface area contributed by atoms with Crippen LogP contribution in [0.1, 0.15) is 45.2 Å². The Bertz CT molecular complexity index is 365. The Labute approximate surface area is 109 Å². The van der Waals surface area contributed by atoms with E-state index in [4.69, 9.17) is 18.0 Å². The molecule has 1 aromatic heterocycles. The fourth-order valence-electron chi connectivity index (χ4n) is 1.71. The number of hydrogen-bond acceptors (Lipinski definition) is 3.